The first-order valence-corrected chi connectivity index (χ1v) is 7.92. The lowest BCUT2D eigenvalue weighted by Crippen LogP contribution is -2.57. The van der Waals surface area contributed by atoms with Crippen molar-refractivity contribution in [1.82, 2.24) is 5.32 Å². The van der Waals surface area contributed by atoms with Crippen molar-refractivity contribution in [2.75, 3.05) is 0 Å². The number of furan rings is 1. The van der Waals surface area contributed by atoms with Crippen LogP contribution in [0.1, 0.15) is 55.5 Å². The smallest absolute Gasteiger partial charge is 0.287 e. The van der Waals surface area contributed by atoms with Crippen molar-refractivity contribution in [2.45, 2.75) is 50.5 Å². The standard InChI is InChI=1S/C14H20BrN3O3/c15-11-7-6-10(21-11)12(19)17-14(13(16)18-20)8-4-2-1-3-5-9-14/h6-7,20H,1-5,8-9H2,(H2,16,18)(H,17,19). The summed E-state index contributed by atoms with van der Waals surface area (Å²) in [4.78, 5) is 12.3. The second kappa shape index (κ2) is 6.98. The third kappa shape index (κ3) is 3.78. The molecule has 0 aromatic carbocycles. The zero-order valence-corrected chi connectivity index (χ0v) is 13.4. The van der Waals surface area contributed by atoms with Gasteiger partial charge in [-0.15, -0.1) is 0 Å². The topological polar surface area (TPSA) is 101 Å². The Labute approximate surface area is 131 Å². The molecule has 0 aliphatic heterocycles. The summed E-state index contributed by atoms with van der Waals surface area (Å²) in [5.74, 6) is -0.0923. The number of nitrogens with one attached hydrogen (secondary N) is 1. The molecule has 1 fully saturated rings. The van der Waals surface area contributed by atoms with Crippen LogP contribution in [-0.2, 0) is 0 Å². The predicted octanol–water partition coefficient (Wildman–Crippen LogP) is 3.00. The highest BCUT2D eigenvalue weighted by atomic mass is 79.9. The minimum atomic E-state index is -0.800. The SMILES string of the molecule is N/C(=N/O)C1(NC(=O)c2ccc(Br)o2)CCCCCCC1. The Kier molecular flexibility index (Phi) is 5.27. The Morgan fingerprint density at radius 2 is 1.90 bits per heavy atom. The fourth-order valence-electron chi connectivity index (χ4n) is 2.77. The van der Waals surface area contributed by atoms with Gasteiger partial charge < -0.3 is 20.7 Å². The Morgan fingerprint density at radius 3 is 2.43 bits per heavy atom. The lowest BCUT2D eigenvalue weighted by molar-refractivity contribution is 0.0880. The molecule has 2 rings (SSSR count). The molecule has 0 saturated heterocycles. The van der Waals surface area contributed by atoms with Crippen LogP contribution in [-0.4, -0.2) is 22.5 Å². The van der Waals surface area contributed by atoms with Crippen molar-refractivity contribution in [1.29, 1.82) is 0 Å². The van der Waals surface area contributed by atoms with E-state index < -0.39 is 5.54 Å². The molecule has 0 radical (unpaired) electrons. The van der Waals surface area contributed by atoms with Gasteiger partial charge in [-0.3, -0.25) is 4.79 Å². The summed E-state index contributed by atoms with van der Waals surface area (Å²) in [6.45, 7) is 0. The number of hydrogen-bond donors (Lipinski definition) is 3. The van der Waals surface area contributed by atoms with E-state index in [2.05, 4.69) is 26.4 Å². The summed E-state index contributed by atoms with van der Waals surface area (Å²) >= 11 is 3.17. The zero-order valence-electron chi connectivity index (χ0n) is 11.8. The molecule has 1 aromatic heterocycles. The van der Waals surface area contributed by atoms with Crippen LogP contribution in [0.5, 0.6) is 0 Å². The Balaban J connectivity index is 2.20. The van der Waals surface area contributed by atoms with Gasteiger partial charge in [-0.25, -0.2) is 0 Å². The molecule has 1 aromatic rings. The summed E-state index contributed by atoms with van der Waals surface area (Å²) < 4.78 is 5.75. The van der Waals surface area contributed by atoms with Crippen LogP contribution in [0, 0.1) is 0 Å². The van der Waals surface area contributed by atoms with E-state index in [-0.39, 0.29) is 17.5 Å². The molecule has 1 amide bonds. The number of amides is 1. The van der Waals surface area contributed by atoms with Gasteiger partial charge in [-0.1, -0.05) is 37.3 Å². The van der Waals surface area contributed by atoms with Crippen molar-refractivity contribution in [2.24, 2.45) is 10.9 Å². The van der Waals surface area contributed by atoms with Crippen LogP contribution in [0.3, 0.4) is 0 Å². The van der Waals surface area contributed by atoms with Crippen LogP contribution in [0.25, 0.3) is 0 Å². The molecule has 6 nitrogen and oxygen atoms in total. The summed E-state index contributed by atoms with van der Waals surface area (Å²) in [6, 6.07) is 3.24. The first-order chi connectivity index (χ1) is 10.1. The van der Waals surface area contributed by atoms with Gasteiger partial charge in [-0.2, -0.15) is 0 Å². The highest BCUT2D eigenvalue weighted by Crippen LogP contribution is 2.27. The quantitative estimate of drug-likeness (QED) is 0.335. The Hall–Kier alpha value is -1.50. The lowest BCUT2D eigenvalue weighted by atomic mass is 9.82. The van der Waals surface area contributed by atoms with E-state index in [1.54, 1.807) is 12.1 Å². The fraction of sp³-hybridized carbons (Fsp3) is 0.571. The van der Waals surface area contributed by atoms with Crippen LogP contribution in [0.15, 0.2) is 26.4 Å². The highest BCUT2D eigenvalue weighted by molar-refractivity contribution is 9.10. The van der Waals surface area contributed by atoms with E-state index in [1.165, 1.54) is 6.42 Å². The lowest BCUT2D eigenvalue weighted by Gasteiger charge is -2.34. The van der Waals surface area contributed by atoms with E-state index in [9.17, 15) is 4.79 Å². The molecule has 4 N–H and O–H groups in total. The third-order valence-corrected chi connectivity index (χ3v) is 4.38. The van der Waals surface area contributed by atoms with Crippen molar-refractivity contribution in [3.05, 3.63) is 22.6 Å². The molecule has 1 aliphatic carbocycles. The number of rotatable bonds is 3. The minimum Gasteiger partial charge on any atom is -0.444 e. The number of halogens is 1. The van der Waals surface area contributed by atoms with Gasteiger partial charge >= 0.3 is 0 Å². The molecule has 0 unspecified atom stereocenters. The minimum absolute atomic E-state index is 0.0587. The first-order valence-electron chi connectivity index (χ1n) is 7.13. The van der Waals surface area contributed by atoms with Gasteiger partial charge in [0.2, 0.25) is 0 Å². The molecule has 116 valence electrons. The number of nitrogens with two attached hydrogens (primary N) is 1. The maximum atomic E-state index is 12.3. The Morgan fingerprint density at radius 1 is 1.29 bits per heavy atom. The summed E-state index contributed by atoms with van der Waals surface area (Å²) in [7, 11) is 0. The van der Waals surface area contributed by atoms with E-state index in [0.717, 1.165) is 25.7 Å². The van der Waals surface area contributed by atoms with E-state index in [1.807, 2.05) is 0 Å². The zero-order chi connectivity index (χ0) is 15.3. The van der Waals surface area contributed by atoms with Gasteiger partial charge in [0, 0.05) is 0 Å². The largest absolute Gasteiger partial charge is 0.444 e. The van der Waals surface area contributed by atoms with Crippen LogP contribution >= 0.6 is 15.9 Å². The molecule has 1 aliphatic rings. The predicted molar refractivity (Wildman–Crippen MR) is 82.3 cm³/mol. The molecular formula is C14H20BrN3O3. The van der Waals surface area contributed by atoms with Gasteiger partial charge in [-0.05, 0) is 40.9 Å². The molecule has 0 spiro atoms. The number of amidine groups is 1. The third-order valence-electron chi connectivity index (χ3n) is 3.95. The van der Waals surface area contributed by atoms with Gasteiger partial charge in [0.15, 0.2) is 16.3 Å². The molecule has 1 saturated carbocycles. The number of carbonyl (C=O) groups is 1. The number of nitrogens with zero attached hydrogens (tertiary/aromatic N) is 1. The maximum absolute atomic E-state index is 12.3. The normalized spacial score (nSPS) is 19.6. The molecule has 21 heavy (non-hydrogen) atoms. The second-order valence-corrected chi connectivity index (χ2v) is 6.17. The van der Waals surface area contributed by atoms with Gasteiger partial charge in [0.25, 0.3) is 5.91 Å². The summed E-state index contributed by atoms with van der Waals surface area (Å²) in [5.41, 5.74) is 5.08. The van der Waals surface area contributed by atoms with Gasteiger partial charge in [0.05, 0.1) is 0 Å². The van der Waals surface area contributed by atoms with E-state index in [4.69, 9.17) is 15.4 Å². The highest BCUT2D eigenvalue weighted by Gasteiger charge is 2.37. The molecule has 7 heteroatoms. The van der Waals surface area contributed by atoms with Crippen LogP contribution < -0.4 is 11.1 Å². The molecular weight excluding hydrogens is 338 g/mol. The number of hydrogen-bond acceptors (Lipinski definition) is 4. The van der Waals surface area contributed by atoms with E-state index >= 15 is 0 Å². The van der Waals surface area contributed by atoms with Crippen molar-refractivity contribution >= 4 is 27.7 Å². The van der Waals surface area contributed by atoms with Crippen molar-refractivity contribution < 1.29 is 14.4 Å². The van der Waals surface area contributed by atoms with E-state index in [0.29, 0.717) is 17.5 Å². The number of carbonyl (C=O) groups excluding carboxylic acids is 1. The van der Waals surface area contributed by atoms with Crippen molar-refractivity contribution in [3.63, 3.8) is 0 Å². The van der Waals surface area contributed by atoms with Crippen LogP contribution in [0.4, 0.5) is 0 Å². The molecule has 0 atom stereocenters. The fourth-order valence-corrected chi connectivity index (χ4v) is 3.07. The summed E-state index contributed by atoms with van der Waals surface area (Å²) in [5, 5.41) is 15.1. The molecule has 1 heterocycles. The first kappa shape index (κ1) is 15.9. The van der Waals surface area contributed by atoms with Crippen molar-refractivity contribution in [3.8, 4) is 0 Å². The maximum Gasteiger partial charge on any atom is 0.287 e. The Bertz CT molecular complexity index is 519. The number of oxime groups is 1. The monoisotopic (exact) mass is 357 g/mol. The van der Waals surface area contributed by atoms with Crippen LogP contribution in [0.2, 0.25) is 0 Å². The second-order valence-electron chi connectivity index (χ2n) is 5.39. The average molecular weight is 358 g/mol. The molecule has 0 bridgehead atoms. The average Bonchev–Trinajstić information content (AvgIpc) is 2.88. The summed E-state index contributed by atoms with van der Waals surface area (Å²) in [6.07, 6.45) is 6.54. The van der Waals surface area contributed by atoms with Gasteiger partial charge in [0.1, 0.15) is 5.54 Å².